The Morgan fingerprint density at radius 3 is 2.84 bits per heavy atom. The van der Waals surface area contributed by atoms with Crippen LogP contribution in [0.4, 0.5) is 0 Å². The molecule has 0 aliphatic rings. The number of unbranched alkanes of at least 4 members (excludes halogenated alkanes) is 3. The van der Waals surface area contributed by atoms with Crippen LogP contribution < -0.4 is 10.2 Å². The number of rotatable bonds is 7. The van der Waals surface area contributed by atoms with E-state index in [1.807, 2.05) is 0 Å². The van der Waals surface area contributed by atoms with Crippen molar-refractivity contribution < 1.29 is 18.7 Å². The van der Waals surface area contributed by atoms with Gasteiger partial charge in [-0.2, -0.15) is 0 Å². The minimum atomic E-state index is -0.261. The van der Waals surface area contributed by atoms with Gasteiger partial charge in [-0.3, -0.25) is 9.59 Å². The maximum Gasteiger partial charge on any atom is 0.306 e. The molecular weight excluding hydrogens is 320 g/mol. The molecule has 2 aromatic rings. The van der Waals surface area contributed by atoms with Crippen molar-refractivity contribution in [2.45, 2.75) is 39.0 Å². The smallest absolute Gasteiger partial charge is 0.306 e. The molecule has 132 valence electrons. The maximum absolute atomic E-state index is 12.3. The summed E-state index contributed by atoms with van der Waals surface area (Å²) in [6.45, 7) is 2.08. The zero-order valence-corrected chi connectivity index (χ0v) is 14.6. The topological polar surface area (TPSA) is 65.7 Å². The molecule has 25 heavy (non-hydrogen) atoms. The Hall–Kier alpha value is -2.74. The van der Waals surface area contributed by atoms with Crippen LogP contribution in [0.25, 0.3) is 11.0 Å². The van der Waals surface area contributed by atoms with E-state index in [0.29, 0.717) is 23.1 Å². The normalized spacial score (nSPS) is 10.2. The predicted octanol–water partition coefficient (Wildman–Crippen LogP) is 3.67. The van der Waals surface area contributed by atoms with Gasteiger partial charge in [-0.25, -0.2) is 0 Å². The quantitative estimate of drug-likeness (QED) is 0.436. The highest BCUT2D eigenvalue weighted by atomic mass is 16.5. The van der Waals surface area contributed by atoms with Crippen molar-refractivity contribution in [2.24, 2.45) is 0 Å². The number of carbonyl (C=O) groups excluding carboxylic acids is 1. The van der Waals surface area contributed by atoms with Crippen molar-refractivity contribution in [2.75, 3.05) is 13.7 Å². The summed E-state index contributed by atoms with van der Waals surface area (Å²) in [5, 5.41) is 0.431. The first-order chi connectivity index (χ1) is 12.2. The summed E-state index contributed by atoms with van der Waals surface area (Å²) in [6.07, 6.45) is 5.82. The molecule has 0 saturated heterocycles. The summed E-state index contributed by atoms with van der Waals surface area (Å²) < 4.78 is 15.6. The molecule has 0 bridgehead atoms. The number of fused-ring (bicyclic) bond motifs is 1. The second-order valence-electron chi connectivity index (χ2n) is 5.61. The highest BCUT2D eigenvalue weighted by Gasteiger charge is 2.06. The van der Waals surface area contributed by atoms with Gasteiger partial charge in [0.25, 0.3) is 0 Å². The van der Waals surface area contributed by atoms with E-state index in [1.165, 1.54) is 6.26 Å². The van der Waals surface area contributed by atoms with Gasteiger partial charge >= 0.3 is 5.97 Å². The third-order valence-corrected chi connectivity index (χ3v) is 3.74. The second kappa shape index (κ2) is 9.53. The predicted molar refractivity (Wildman–Crippen MR) is 95.6 cm³/mol. The van der Waals surface area contributed by atoms with Crippen LogP contribution >= 0.6 is 0 Å². The van der Waals surface area contributed by atoms with Crippen LogP contribution in [0.3, 0.4) is 0 Å². The summed E-state index contributed by atoms with van der Waals surface area (Å²) in [7, 11) is 1.55. The number of carbonyl (C=O) groups is 1. The molecule has 0 aliphatic carbocycles. The lowest BCUT2D eigenvalue weighted by molar-refractivity contribution is -0.142. The minimum absolute atomic E-state index is 0.0350. The summed E-state index contributed by atoms with van der Waals surface area (Å²) in [6, 6.07) is 4.98. The molecule has 0 amide bonds. The second-order valence-corrected chi connectivity index (χ2v) is 5.61. The zero-order valence-electron chi connectivity index (χ0n) is 14.6. The number of esters is 1. The van der Waals surface area contributed by atoms with Crippen LogP contribution in [-0.2, 0) is 9.53 Å². The monoisotopic (exact) mass is 342 g/mol. The highest BCUT2D eigenvalue weighted by molar-refractivity contribution is 5.79. The minimum Gasteiger partial charge on any atom is -0.497 e. The fourth-order valence-corrected chi connectivity index (χ4v) is 2.34. The van der Waals surface area contributed by atoms with Gasteiger partial charge in [0.2, 0.25) is 5.43 Å². The first kappa shape index (κ1) is 18.6. The van der Waals surface area contributed by atoms with Crippen LogP contribution in [0.15, 0.2) is 33.7 Å². The standard InChI is InChI=1S/C20H22O5/c1-3-4-5-6-9-19(21)24-12-7-8-15-14-25-18-13-16(23-2)10-11-17(18)20(15)22/h10-11,13-14H,3-6,9,12H2,1-2H3. The van der Waals surface area contributed by atoms with Crippen LogP contribution in [0, 0.1) is 11.8 Å². The third kappa shape index (κ3) is 5.39. The molecule has 1 heterocycles. The van der Waals surface area contributed by atoms with E-state index in [-0.39, 0.29) is 23.6 Å². The average molecular weight is 342 g/mol. The number of methoxy groups -OCH3 is 1. The summed E-state index contributed by atoms with van der Waals surface area (Å²) in [5.74, 6) is 5.74. The van der Waals surface area contributed by atoms with E-state index in [0.717, 1.165) is 25.7 Å². The molecule has 0 aliphatic heterocycles. The number of ether oxygens (including phenoxy) is 2. The van der Waals surface area contributed by atoms with Gasteiger partial charge in [-0.05, 0) is 18.6 Å². The van der Waals surface area contributed by atoms with Crippen molar-refractivity contribution in [3.63, 3.8) is 0 Å². The Bertz CT molecular complexity index is 839. The molecule has 2 rings (SSSR count). The summed E-state index contributed by atoms with van der Waals surface area (Å²) in [4.78, 5) is 23.9. The number of hydrogen-bond donors (Lipinski definition) is 0. The van der Waals surface area contributed by atoms with Gasteiger partial charge < -0.3 is 13.9 Å². The van der Waals surface area contributed by atoms with E-state index in [9.17, 15) is 9.59 Å². The van der Waals surface area contributed by atoms with Crippen LogP contribution in [0.1, 0.15) is 44.6 Å². The number of benzene rings is 1. The van der Waals surface area contributed by atoms with Crippen LogP contribution in [0.2, 0.25) is 0 Å². The Labute approximate surface area is 146 Å². The van der Waals surface area contributed by atoms with Crippen molar-refractivity contribution in [1.29, 1.82) is 0 Å². The highest BCUT2D eigenvalue weighted by Crippen LogP contribution is 2.18. The molecule has 1 aromatic heterocycles. The first-order valence-corrected chi connectivity index (χ1v) is 8.39. The largest absolute Gasteiger partial charge is 0.497 e. The molecule has 1 aromatic carbocycles. The molecule has 0 radical (unpaired) electrons. The molecule has 0 spiro atoms. The molecule has 0 N–H and O–H groups in total. The van der Waals surface area contributed by atoms with Gasteiger partial charge in [0.05, 0.1) is 12.5 Å². The average Bonchev–Trinajstić information content (AvgIpc) is 2.63. The lowest BCUT2D eigenvalue weighted by Gasteiger charge is -2.01. The molecule has 5 heteroatoms. The lowest BCUT2D eigenvalue weighted by Crippen LogP contribution is -2.07. The van der Waals surface area contributed by atoms with Crippen molar-refractivity contribution in [1.82, 2.24) is 0 Å². The fraction of sp³-hybridized carbons (Fsp3) is 0.400. The van der Waals surface area contributed by atoms with E-state index in [1.54, 1.807) is 25.3 Å². The molecule has 0 atom stereocenters. The fourth-order valence-electron chi connectivity index (χ4n) is 2.34. The van der Waals surface area contributed by atoms with Crippen LogP contribution in [0.5, 0.6) is 5.75 Å². The number of hydrogen-bond acceptors (Lipinski definition) is 5. The summed E-state index contributed by atoms with van der Waals surface area (Å²) >= 11 is 0. The van der Waals surface area contributed by atoms with Crippen LogP contribution in [-0.4, -0.2) is 19.7 Å². The van der Waals surface area contributed by atoms with E-state index < -0.39 is 0 Å². The SMILES string of the molecule is CCCCCCC(=O)OCC#Cc1coc2cc(OC)ccc2c1=O. The molecular formula is C20H22O5. The first-order valence-electron chi connectivity index (χ1n) is 8.39. The van der Waals surface area contributed by atoms with Crippen molar-refractivity contribution in [3.05, 3.63) is 40.2 Å². The van der Waals surface area contributed by atoms with Gasteiger partial charge in [-0.1, -0.05) is 38.0 Å². The Morgan fingerprint density at radius 1 is 1.24 bits per heavy atom. The zero-order chi connectivity index (χ0) is 18.1. The van der Waals surface area contributed by atoms with Gasteiger partial charge in [0, 0.05) is 12.5 Å². The Kier molecular flexibility index (Phi) is 7.09. The Balaban J connectivity index is 1.95. The molecule has 0 saturated carbocycles. The molecule has 0 fully saturated rings. The lowest BCUT2D eigenvalue weighted by atomic mass is 10.1. The summed E-state index contributed by atoms with van der Waals surface area (Å²) in [5.41, 5.74) is 0.451. The third-order valence-electron chi connectivity index (χ3n) is 3.74. The molecule has 0 unspecified atom stereocenters. The molecule has 5 nitrogen and oxygen atoms in total. The van der Waals surface area contributed by atoms with Crippen molar-refractivity contribution in [3.8, 4) is 17.6 Å². The van der Waals surface area contributed by atoms with Crippen molar-refractivity contribution >= 4 is 16.9 Å². The maximum atomic E-state index is 12.3. The van der Waals surface area contributed by atoms with Gasteiger partial charge in [-0.15, -0.1) is 0 Å². The van der Waals surface area contributed by atoms with E-state index in [2.05, 4.69) is 18.8 Å². The van der Waals surface area contributed by atoms with Gasteiger partial charge in [0.1, 0.15) is 23.2 Å². The Morgan fingerprint density at radius 2 is 2.08 bits per heavy atom. The van der Waals surface area contributed by atoms with Gasteiger partial charge in [0.15, 0.2) is 6.61 Å². The van der Waals surface area contributed by atoms with E-state index >= 15 is 0 Å². The van der Waals surface area contributed by atoms with E-state index in [4.69, 9.17) is 13.9 Å².